The van der Waals surface area contributed by atoms with Crippen LogP contribution in [-0.2, 0) is 13.5 Å². The topological polar surface area (TPSA) is 82.9 Å². The lowest BCUT2D eigenvalue weighted by atomic mass is 9.97. The number of nitrogens with zero attached hydrogens (tertiary/aromatic N) is 6. The summed E-state index contributed by atoms with van der Waals surface area (Å²) in [5.41, 5.74) is 4.74. The molecule has 4 aromatic rings. The minimum atomic E-state index is 0.0711. The maximum absolute atomic E-state index is 12.3. The Morgan fingerprint density at radius 2 is 2.00 bits per heavy atom. The zero-order chi connectivity index (χ0) is 20.1. The predicted octanol–water partition coefficient (Wildman–Crippen LogP) is 2.75. The summed E-state index contributed by atoms with van der Waals surface area (Å²) in [5.74, 6) is 1.45. The van der Waals surface area contributed by atoms with Crippen molar-refractivity contribution in [3.63, 3.8) is 0 Å². The van der Waals surface area contributed by atoms with E-state index >= 15 is 0 Å². The second kappa shape index (κ2) is 6.44. The van der Waals surface area contributed by atoms with Gasteiger partial charge in [-0.15, -0.1) is 5.10 Å². The number of amides is 1. The molecule has 0 unspecified atom stereocenters. The molecule has 5 rings (SSSR count). The fourth-order valence-electron chi connectivity index (χ4n) is 3.79. The first-order chi connectivity index (χ1) is 14.0. The number of aromatic nitrogens is 5. The summed E-state index contributed by atoms with van der Waals surface area (Å²) in [4.78, 5) is 20.8. The maximum Gasteiger partial charge on any atom is 0.253 e. The molecule has 2 aromatic heterocycles. The van der Waals surface area contributed by atoms with Crippen LogP contribution in [0.25, 0.3) is 22.3 Å². The van der Waals surface area contributed by atoms with Gasteiger partial charge in [-0.05, 0) is 42.3 Å². The summed E-state index contributed by atoms with van der Waals surface area (Å²) in [5, 5.41) is 12.7. The standard InChI is InChI=1S/C21H21N7O/c1-26-9-8-13-10-14(4-6-17(13)20(26)29)19-23-21(28(3)25-19)27(2)16-5-7-18-15(11-16)12-22-24-18/h4-7,10-12H,8-9H2,1-3H3,(H,22,24). The molecule has 146 valence electrons. The van der Waals surface area contributed by atoms with Gasteiger partial charge in [0, 0.05) is 49.9 Å². The van der Waals surface area contributed by atoms with E-state index in [-0.39, 0.29) is 5.91 Å². The highest BCUT2D eigenvalue weighted by Gasteiger charge is 2.23. The van der Waals surface area contributed by atoms with Gasteiger partial charge in [-0.3, -0.25) is 9.89 Å². The SMILES string of the molecule is CN1CCc2cc(-c3nc(N(C)c4ccc5[nH]ncc5c4)n(C)n3)ccc2C1=O. The fourth-order valence-corrected chi connectivity index (χ4v) is 3.79. The lowest BCUT2D eigenvalue weighted by molar-refractivity contribution is 0.0781. The van der Waals surface area contributed by atoms with Crippen LogP contribution in [-0.4, -0.2) is 56.4 Å². The van der Waals surface area contributed by atoms with Crippen LogP contribution in [0.2, 0.25) is 0 Å². The van der Waals surface area contributed by atoms with Gasteiger partial charge in [0.1, 0.15) is 0 Å². The number of fused-ring (bicyclic) bond motifs is 2. The van der Waals surface area contributed by atoms with Crippen LogP contribution in [0.4, 0.5) is 11.6 Å². The minimum Gasteiger partial charge on any atom is -0.341 e. The summed E-state index contributed by atoms with van der Waals surface area (Å²) in [6.07, 6.45) is 2.65. The van der Waals surface area contributed by atoms with Gasteiger partial charge in [-0.2, -0.15) is 10.1 Å². The van der Waals surface area contributed by atoms with Crippen molar-refractivity contribution in [2.24, 2.45) is 7.05 Å². The first kappa shape index (κ1) is 17.4. The van der Waals surface area contributed by atoms with E-state index in [1.807, 2.05) is 56.4 Å². The lowest BCUT2D eigenvalue weighted by Crippen LogP contribution is -2.34. The number of carbonyl (C=O) groups excluding carboxylic acids is 1. The van der Waals surface area contributed by atoms with E-state index in [2.05, 4.69) is 21.4 Å². The van der Waals surface area contributed by atoms with Crippen molar-refractivity contribution in [3.05, 3.63) is 53.7 Å². The van der Waals surface area contributed by atoms with Crippen molar-refractivity contribution < 1.29 is 4.79 Å². The summed E-state index contributed by atoms with van der Waals surface area (Å²) in [6.45, 7) is 0.732. The summed E-state index contributed by atoms with van der Waals surface area (Å²) in [7, 11) is 5.69. The zero-order valence-corrected chi connectivity index (χ0v) is 16.5. The Balaban J connectivity index is 1.49. The highest BCUT2D eigenvalue weighted by Crippen LogP contribution is 2.28. The van der Waals surface area contributed by atoms with Crippen LogP contribution < -0.4 is 4.90 Å². The smallest absolute Gasteiger partial charge is 0.253 e. The average molecular weight is 387 g/mol. The molecule has 0 fully saturated rings. The van der Waals surface area contributed by atoms with Crippen molar-refractivity contribution in [1.82, 2.24) is 29.9 Å². The molecular formula is C21H21N7O. The zero-order valence-electron chi connectivity index (χ0n) is 16.5. The Hall–Kier alpha value is -3.68. The number of likely N-dealkylation sites (N-methyl/N-ethyl adjacent to an activating group) is 1. The second-order valence-corrected chi connectivity index (χ2v) is 7.41. The van der Waals surface area contributed by atoms with Crippen LogP contribution in [0.5, 0.6) is 0 Å². The summed E-state index contributed by atoms with van der Waals surface area (Å²) >= 11 is 0. The quantitative estimate of drug-likeness (QED) is 0.584. The molecule has 0 aliphatic carbocycles. The molecule has 0 saturated carbocycles. The number of rotatable bonds is 3. The highest BCUT2D eigenvalue weighted by atomic mass is 16.2. The molecule has 8 heteroatoms. The molecule has 1 N–H and O–H groups in total. The van der Waals surface area contributed by atoms with Crippen LogP contribution >= 0.6 is 0 Å². The van der Waals surface area contributed by atoms with Crippen molar-refractivity contribution in [2.45, 2.75) is 6.42 Å². The Bertz CT molecular complexity index is 1240. The molecule has 1 aliphatic heterocycles. The van der Waals surface area contributed by atoms with E-state index in [0.717, 1.165) is 52.2 Å². The first-order valence-corrected chi connectivity index (χ1v) is 9.48. The number of aryl methyl sites for hydroxylation is 1. The van der Waals surface area contributed by atoms with Gasteiger partial charge in [0.25, 0.3) is 5.91 Å². The predicted molar refractivity (Wildman–Crippen MR) is 111 cm³/mol. The van der Waals surface area contributed by atoms with Gasteiger partial charge >= 0.3 is 0 Å². The molecule has 0 spiro atoms. The third-order valence-electron chi connectivity index (χ3n) is 5.51. The van der Waals surface area contributed by atoms with E-state index in [0.29, 0.717) is 5.82 Å². The van der Waals surface area contributed by atoms with E-state index in [1.54, 1.807) is 15.8 Å². The largest absolute Gasteiger partial charge is 0.341 e. The van der Waals surface area contributed by atoms with E-state index in [4.69, 9.17) is 4.98 Å². The van der Waals surface area contributed by atoms with Crippen LogP contribution in [0.15, 0.2) is 42.6 Å². The van der Waals surface area contributed by atoms with Crippen molar-refractivity contribution in [3.8, 4) is 11.4 Å². The van der Waals surface area contributed by atoms with E-state index in [1.165, 1.54) is 0 Å². The Labute approximate surface area is 167 Å². The van der Waals surface area contributed by atoms with Gasteiger partial charge in [-0.1, -0.05) is 6.07 Å². The fraction of sp³-hybridized carbons (Fsp3) is 0.238. The molecule has 8 nitrogen and oxygen atoms in total. The molecular weight excluding hydrogens is 366 g/mol. The van der Waals surface area contributed by atoms with Gasteiger partial charge in [0.2, 0.25) is 5.95 Å². The molecule has 1 aliphatic rings. The van der Waals surface area contributed by atoms with E-state index < -0.39 is 0 Å². The Morgan fingerprint density at radius 3 is 2.86 bits per heavy atom. The van der Waals surface area contributed by atoms with Gasteiger partial charge in [0.05, 0.1) is 11.7 Å². The average Bonchev–Trinajstić information content (AvgIpc) is 3.36. The normalized spacial score (nSPS) is 13.8. The molecule has 3 heterocycles. The molecule has 2 aromatic carbocycles. The highest BCUT2D eigenvalue weighted by molar-refractivity contribution is 5.97. The van der Waals surface area contributed by atoms with Gasteiger partial charge < -0.3 is 9.80 Å². The summed E-state index contributed by atoms with van der Waals surface area (Å²) < 4.78 is 1.77. The molecule has 0 radical (unpaired) electrons. The number of H-pyrrole nitrogens is 1. The maximum atomic E-state index is 12.3. The number of benzene rings is 2. The van der Waals surface area contributed by atoms with Crippen molar-refractivity contribution in [1.29, 1.82) is 0 Å². The van der Waals surface area contributed by atoms with Crippen molar-refractivity contribution in [2.75, 3.05) is 25.5 Å². The number of anilines is 2. The van der Waals surface area contributed by atoms with Crippen LogP contribution in [0, 0.1) is 0 Å². The molecule has 0 bridgehead atoms. The number of hydrogen-bond donors (Lipinski definition) is 1. The van der Waals surface area contributed by atoms with Crippen LogP contribution in [0.3, 0.4) is 0 Å². The minimum absolute atomic E-state index is 0.0711. The molecule has 0 atom stereocenters. The summed E-state index contributed by atoms with van der Waals surface area (Å²) in [6, 6.07) is 11.9. The first-order valence-electron chi connectivity index (χ1n) is 9.48. The number of hydrogen-bond acceptors (Lipinski definition) is 5. The van der Waals surface area contributed by atoms with Crippen molar-refractivity contribution >= 4 is 28.4 Å². The third kappa shape index (κ3) is 2.84. The molecule has 29 heavy (non-hydrogen) atoms. The van der Waals surface area contributed by atoms with Gasteiger partial charge in [0.15, 0.2) is 5.82 Å². The van der Waals surface area contributed by atoms with Crippen LogP contribution in [0.1, 0.15) is 15.9 Å². The molecule has 0 saturated heterocycles. The van der Waals surface area contributed by atoms with E-state index in [9.17, 15) is 4.79 Å². The molecule has 1 amide bonds. The number of nitrogens with one attached hydrogen (secondary N) is 1. The second-order valence-electron chi connectivity index (χ2n) is 7.41. The Morgan fingerprint density at radius 1 is 1.14 bits per heavy atom. The number of carbonyl (C=O) groups is 1. The Kier molecular flexibility index (Phi) is 3.87. The number of aromatic amines is 1. The van der Waals surface area contributed by atoms with Gasteiger partial charge in [-0.25, -0.2) is 4.68 Å². The monoisotopic (exact) mass is 387 g/mol. The third-order valence-corrected chi connectivity index (χ3v) is 5.51. The lowest BCUT2D eigenvalue weighted by Gasteiger charge is -2.24.